The molecule has 0 aliphatic heterocycles. The highest BCUT2D eigenvalue weighted by molar-refractivity contribution is 7.63. The van der Waals surface area contributed by atoms with Crippen molar-refractivity contribution in [3.63, 3.8) is 0 Å². The Balaban J connectivity index is 2.03. The molecule has 1 unspecified atom stereocenters. The Bertz CT molecular complexity index is 600. The van der Waals surface area contributed by atoms with Gasteiger partial charge in [0.15, 0.2) is 0 Å². The molecule has 4 nitrogen and oxygen atoms in total. The number of hydrogen-bond donors (Lipinski definition) is 3. The van der Waals surface area contributed by atoms with Crippen LogP contribution in [0.4, 0.5) is 0 Å². The summed E-state index contributed by atoms with van der Waals surface area (Å²) in [4.78, 5) is 27.5. The molecule has 0 amide bonds. The predicted octanol–water partition coefficient (Wildman–Crippen LogP) is 2.49. The van der Waals surface area contributed by atoms with Crippen LogP contribution in [0.5, 0.6) is 0 Å². The van der Waals surface area contributed by atoms with Gasteiger partial charge in [-0.1, -0.05) is 36.4 Å². The molecular weight excluding hydrogens is 270 g/mol. The minimum atomic E-state index is -2.55. The molecule has 2 aromatic rings. The summed E-state index contributed by atoms with van der Waals surface area (Å²) in [5.41, 5.74) is 4.22. The van der Waals surface area contributed by atoms with Gasteiger partial charge < -0.3 is 14.7 Å². The first kappa shape index (κ1) is 12.2. The maximum atomic E-state index is 9.89. The van der Waals surface area contributed by atoms with E-state index in [4.69, 9.17) is 14.1 Å². The largest absolute Gasteiger partial charge is 0.346 e. The number of hydrogen-bond acceptors (Lipinski definition) is 4. The van der Waals surface area contributed by atoms with Crippen LogP contribution in [0, 0.1) is 0 Å². The zero-order valence-corrected chi connectivity index (χ0v) is 11.0. The maximum absolute atomic E-state index is 9.89. The third-order valence-electron chi connectivity index (χ3n) is 2.89. The fourth-order valence-corrected chi connectivity index (χ4v) is 3.74. The van der Waals surface area contributed by atoms with Gasteiger partial charge in [0.25, 0.3) is 0 Å². The minimum Gasteiger partial charge on any atom is -0.346 e. The summed E-state index contributed by atoms with van der Waals surface area (Å²) in [5, 5.41) is 0.622. The molecule has 0 spiro atoms. The fraction of sp³-hybridized carbons (Fsp3) is 0. The van der Waals surface area contributed by atoms with E-state index in [1.165, 1.54) is 0 Å². The molecular formula is C12H10O4P2. The van der Waals surface area contributed by atoms with Crippen molar-refractivity contribution in [1.29, 1.82) is 0 Å². The highest BCUT2D eigenvalue weighted by Crippen LogP contribution is 2.52. The minimum absolute atomic E-state index is 0.622. The van der Waals surface area contributed by atoms with Crippen LogP contribution in [0.1, 0.15) is 0 Å². The second-order valence-electron chi connectivity index (χ2n) is 3.85. The zero-order valence-electron chi connectivity index (χ0n) is 9.19. The molecule has 1 atom stereocenters. The molecule has 3 rings (SSSR count). The molecule has 0 radical (unpaired) electrons. The maximum Gasteiger partial charge on any atom is 0.332 e. The topological polar surface area (TPSA) is 69.9 Å². The Hall–Kier alpha value is -0.860. The fourth-order valence-electron chi connectivity index (χ4n) is 2.19. The lowest BCUT2D eigenvalue weighted by atomic mass is 9.81. The van der Waals surface area contributed by atoms with Gasteiger partial charge in [-0.2, -0.15) is 0 Å². The van der Waals surface area contributed by atoms with Crippen molar-refractivity contribution in [2.24, 2.45) is 0 Å². The molecule has 0 saturated carbocycles. The molecule has 1 aliphatic carbocycles. The molecule has 0 fully saturated rings. The van der Waals surface area contributed by atoms with Gasteiger partial charge in [-0.25, -0.2) is 0 Å². The first-order valence-electron chi connectivity index (χ1n) is 5.26. The van der Waals surface area contributed by atoms with Crippen LogP contribution in [0.15, 0.2) is 42.5 Å². The quantitative estimate of drug-likeness (QED) is 0.645. The molecule has 0 bridgehead atoms. The van der Waals surface area contributed by atoms with E-state index in [0.717, 1.165) is 22.3 Å². The lowest BCUT2D eigenvalue weighted by molar-refractivity contribution is 0.372. The summed E-state index contributed by atoms with van der Waals surface area (Å²) in [7, 11) is -4.55. The normalized spacial score (nSPS) is 13.8. The average Bonchev–Trinajstić information content (AvgIpc) is 2.34. The summed E-state index contributed by atoms with van der Waals surface area (Å²) in [6, 6.07) is 13.5. The number of rotatable bonds is 3. The van der Waals surface area contributed by atoms with Crippen molar-refractivity contribution in [3.05, 3.63) is 42.5 Å². The molecule has 0 aromatic heterocycles. The predicted molar refractivity (Wildman–Crippen MR) is 72.1 cm³/mol. The molecule has 0 heterocycles. The molecule has 2 aromatic carbocycles. The van der Waals surface area contributed by atoms with Crippen LogP contribution in [0.3, 0.4) is 0 Å². The van der Waals surface area contributed by atoms with Crippen molar-refractivity contribution in [2.45, 2.75) is 0 Å². The SMILES string of the molecule is OP(O)OP(O)c1cccc2c1-c1ccccc1-2. The van der Waals surface area contributed by atoms with Gasteiger partial charge in [-0.15, -0.1) is 0 Å². The second kappa shape index (κ2) is 4.67. The van der Waals surface area contributed by atoms with Gasteiger partial charge in [0.05, 0.1) is 0 Å². The third-order valence-corrected chi connectivity index (χ3v) is 4.87. The van der Waals surface area contributed by atoms with Crippen LogP contribution in [0.2, 0.25) is 0 Å². The van der Waals surface area contributed by atoms with Crippen LogP contribution >= 0.6 is 17.0 Å². The molecule has 18 heavy (non-hydrogen) atoms. The van der Waals surface area contributed by atoms with E-state index in [1.807, 2.05) is 36.4 Å². The molecule has 0 saturated heterocycles. The van der Waals surface area contributed by atoms with Crippen molar-refractivity contribution in [1.82, 2.24) is 0 Å². The summed E-state index contributed by atoms with van der Waals surface area (Å²) in [6.45, 7) is 0. The number of benzene rings is 2. The first-order chi connectivity index (χ1) is 8.68. The highest BCUT2D eigenvalue weighted by Gasteiger charge is 2.28. The van der Waals surface area contributed by atoms with Crippen LogP contribution in [0.25, 0.3) is 22.3 Å². The first-order valence-corrected chi connectivity index (χ1v) is 7.64. The summed E-state index contributed by atoms with van der Waals surface area (Å²) < 4.78 is 4.72. The lowest BCUT2D eigenvalue weighted by Gasteiger charge is -2.27. The smallest absolute Gasteiger partial charge is 0.332 e. The van der Waals surface area contributed by atoms with E-state index >= 15 is 0 Å². The van der Waals surface area contributed by atoms with Crippen LogP contribution < -0.4 is 5.30 Å². The van der Waals surface area contributed by atoms with Gasteiger partial charge in [-0.3, -0.25) is 4.31 Å². The Kier molecular flexibility index (Phi) is 3.16. The Morgan fingerprint density at radius 2 is 1.44 bits per heavy atom. The van der Waals surface area contributed by atoms with Crippen molar-refractivity contribution >= 4 is 22.3 Å². The van der Waals surface area contributed by atoms with Gasteiger partial charge in [-0.05, 0) is 22.8 Å². The van der Waals surface area contributed by atoms with E-state index in [9.17, 15) is 4.89 Å². The summed E-state index contributed by atoms with van der Waals surface area (Å²) in [5.74, 6) is 0. The molecule has 92 valence electrons. The van der Waals surface area contributed by atoms with Gasteiger partial charge in [0.2, 0.25) is 8.38 Å². The van der Waals surface area contributed by atoms with Crippen molar-refractivity contribution in [3.8, 4) is 22.3 Å². The Labute approximate surface area is 106 Å². The standard InChI is InChI=1S/C12H10O4P2/c13-17(16-18(14)15)11-7-3-6-10-8-4-1-2-5-9(8)12(10)11/h1-7,13-15H. The van der Waals surface area contributed by atoms with E-state index in [1.54, 1.807) is 6.07 Å². The van der Waals surface area contributed by atoms with Crippen LogP contribution in [-0.2, 0) is 4.31 Å². The highest BCUT2D eigenvalue weighted by atomic mass is 31.2. The zero-order chi connectivity index (χ0) is 12.7. The van der Waals surface area contributed by atoms with Crippen molar-refractivity contribution in [2.75, 3.05) is 0 Å². The van der Waals surface area contributed by atoms with E-state index in [2.05, 4.69) is 0 Å². The van der Waals surface area contributed by atoms with E-state index in [0.29, 0.717) is 5.30 Å². The second-order valence-corrected chi connectivity index (χ2v) is 6.04. The lowest BCUT2D eigenvalue weighted by Crippen LogP contribution is -2.13. The Morgan fingerprint density at radius 1 is 0.778 bits per heavy atom. The van der Waals surface area contributed by atoms with Gasteiger partial charge in [0.1, 0.15) is 0 Å². The summed E-state index contributed by atoms with van der Waals surface area (Å²) in [6.07, 6.45) is 0. The van der Waals surface area contributed by atoms with Crippen LogP contribution in [-0.4, -0.2) is 14.7 Å². The number of fused-ring (bicyclic) bond motifs is 4. The van der Waals surface area contributed by atoms with Crippen molar-refractivity contribution < 1.29 is 19.0 Å². The third kappa shape index (κ3) is 1.88. The Morgan fingerprint density at radius 3 is 2.17 bits per heavy atom. The molecule has 1 aliphatic rings. The monoisotopic (exact) mass is 280 g/mol. The molecule has 6 heteroatoms. The molecule has 3 N–H and O–H groups in total. The average molecular weight is 280 g/mol. The summed E-state index contributed by atoms with van der Waals surface area (Å²) >= 11 is 0. The van der Waals surface area contributed by atoms with Gasteiger partial charge in [0, 0.05) is 10.9 Å². The van der Waals surface area contributed by atoms with E-state index in [-0.39, 0.29) is 0 Å². The van der Waals surface area contributed by atoms with E-state index < -0.39 is 17.0 Å². The van der Waals surface area contributed by atoms with Gasteiger partial charge >= 0.3 is 8.60 Å².